The molecule has 0 saturated carbocycles. The van der Waals surface area contributed by atoms with Gasteiger partial charge in [0.1, 0.15) is 0 Å². The molecule has 0 aliphatic heterocycles. The number of nitrogens with two attached hydrogens (primary N) is 1. The summed E-state index contributed by atoms with van der Waals surface area (Å²) in [7, 11) is 0. The van der Waals surface area contributed by atoms with Crippen LogP contribution in [0, 0.1) is 6.92 Å². The standard InChI is InChI=1S/C14H23N3O2/c1-3-4-7-17(8-9-18)12-5-6-13(11(2)10-12)14(15)16-19/h5-6,10,18-19H,3-4,7-9H2,1-2H3,(H2,15,16). The van der Waals surface area contributed by atoms with Gasteiger partial charge in [0.05, 0.1) is 6.61 Å². The topological polar surface area (TPSA) is 82.1 Å². The second kappa shape index (κ2) is 7.63. The second-order valence-electron chi connectivity index (χ2n) is 4.55. The Hall–Kier alpha value is -1.75. The lowest BCUT2D eigenvalue weighted by Crippen LogP contribution is -2.28. The van der Waals surface area contributed by atoms with Gasteiger partial charge >= 0.3 is 0 Å². The number of amidine groups is 1. The molecule has 0 spiro atoms. The first-order chi connectivity index (χ1) is 9.13. The number of aryl methyl sites for hydroxylation is 1. The van der Waals surface area contributed by atoms with Crippen LogP contribution < -0.4 is 10.6 Å². The predicted molar refractivity (Wildman–Crippen MR) is 77.9 cm³/mol. The van der Waals surface area contributed by atoms with Gasteiger partial charge in [-0.25, -0.2) is 0 Å². The number of anilines is 1. The maximum Gasteiger partial charge on any atom is 0.170 e. The van der Waals surface area contributed by atoms with Crippen molar-refractivity contribution in [3.05, 3.63) is 29.3 Å². The van der Waals surface area contributed by atoms with Crippen molar-refractivity contribution in [3.63, 3.8) is 0 Å². The molecule has 4 N–H and O–H groups in total. The van der Waals surface area contributed by atoms with Gasteiger partial charge in [-0.2, -0.15) is 0 Å². The van der Waals surface area contributed by atoms with Gasteiger partial charge in [0.2, 0.25) is 0 Å². The number of aliphatic hydroxyl groups excluding tert-OH is 1. The smallest absolute Gasteiger partial charge is 0.170 e. The Morgan fingerprint density at radius 3 is 2.63 bits per heavy atom. The number of aliphatic hydroxyl groups is 1. The first-order valence-corrected chi connectivity index (χ1v) is 6.58. The number of nitrogens with zero attached hydrogens (tertiary/aromatic N) is 2. The van der Waals surface area contributed by atoms with Crippen molar-refractivity contribution in [1.29, 1.82) is 0 Å². The van der Waals surface area contributed by atoms with E-state index in [1.807, 2.05) is 25.1 Å². The Balaban J connectivity index is 2.95. The van der Waals surface area contributed by atoms with Crippen molar-refractivity contribution in [2.45, 2.75) is 26.7 Å². The molecule has 0 bridgehead atoms. The van der Waals surface area contributed by atoms with Crippen LogP contribution in [-0.2, 0) is 0 Å². The fraction of sp³-hybridized carbons (Fsp3) is 0.500. The number of unbranched alkanes of at least 4 members (excludes halogenated alkanes) is 1. The summed E-state index contributed by atoms with van der Waals surface area (Å²) in [5.74, 6) is 0.117. The quantitative estimate of drug-likeness (QED) is 0.303. The lowest BCUT2D eigenvalue weighted by atomic mass is 10.1. The normalized spacial score (nSPS) is 11.6. The highest BCUT2D eigenvalue weighted by Crippen LogP contribution is 2.19. The molecule has 5 nitrogen and oxygen atoms in total. The molecule has 5 heteroatoms. The molecule has 19 heavy (non-hydrogen) atoms. The summed E-state index contributed by atoms with van der Waals surface area (Å²) in [5.41, 5.74) is 8.34. The number of oxime groups is 1. The first kappa shape index (κ1) is 15.3. The van der Waals surface area contributed by atoms with Crippen molar-refractivity contribution >= 4 is 11.5 Å². The molecule has 0 saturated heterocycles. The van der Waals surface area contributed by atoms with E-state index in [1.54, 1.807) is 0 Å². The molecule has 0 fully saturated rings. The summed E-state index contributed by atoms with van der Waals surface area (Å²) in [5, 5.41) is 20.9. The first-order valence-electron chi connectivity index (χ1n) is 6.58. The Morgan fingerprint density at radius 2 is 2.11 bits per heavy atom. The summed E-state index contributed by atoms with van der Waals surface area (Å²) in [4.78, 5) is 2.15. The van der Waals surface area contributed by atoms with Gasteiger partial charge in [0, 0.05) is 24.3 Å². The van der Waals surface area contributed by atoms with Crippen LogP contribution in [0.15, 0.2) is 23.4 Å². The minimum Gasteiger partial charge on any atom is -0.409 e. The molecule has 0 radical (unpaired) electrons. The van der Waals surface area contributed by atoms with Crippen LogP contribution in [0.1, 0.15) is 30.9 Å². The SMILES string of the molecule is CCCCN(CCO)c1ccc(/C(N)=N/O)c(C)c1. The average Bonchev–Trinajstić information content (AvgIpc) is 2.42. The van der Waals surface area contributed by atoms with Crippen LogP contribution >= 0.6 is 0 Å². The zero-order valence-corrected chi connectivity index (χ0v) is 11.6. The molecule has 0 aliphatic carbocycles. The molecule has 0 unspecified atom stereocenters. The van der Waals surface area contributed by atoms with Crippen LogP contribution in [0.25, 0.3) is 0 Å². The maximum absolute atomic E-state index is 9.13. The van der Waals surface area contributed by atoms with E-state index in [2.05, 4.69) is 17.0 Å². The second-order valence-corrected chi connectivity index (χ2v) is 4.55. The molecular formula is C14H23N3O2. The number of hydrogen-bond donors (Lipinski definition) is 3. The van der Waals surface area contributed by atoms with Crippen LogP contribution in [0.4, 0.5) is 5.69 Å². The number of rotatable bonds is 7. The molecule has 1 rings (SSSR count). The third-order valence-electron chi connectivity index (χ3n) is 3.11. The number of benzene rings is 1. The van der Waals surface area contributed by atoms with E-state index in [9.17, 15) is 0 Å². The van der Waals surface area contributed by atoms with Crippen LogP contribution in [0.2, 0.25) is 0 Å². The van der Waals surface area contributed by atoms with Gasteiger partial charge in [-0.3, -0.25) is 0 Å². The predicted octanol–water partition coefficient (Wildman–Crippen LogP) is 1.69. The van der Waals surface area contributed by atoms with Gasteiger partial charge in [-0.1, -0.05) is 18.5 Å². The van der Waals surface area contributed by atoms with Gasteiger partial charge in [-0.05, 0) is 37.1 Å². The molecule has 0 heterocycles. The Bertz CT molecular complexity index is 433. The molecule has 0 aliphatic rings. The fourth-order valence-electron chi connectivity index (χ4n) is 2.03. The Labute approximate surface area is 114 Å². The third-order valence-corrected chi connectivity index (χ3v) is 3.11. The summed E-state index contributed by atoms with van der Waals surface area (Å²) >= 11 is 0. The molecule has 0 atom stereocenters. The Kier molecular flexibility index (Phi) is 6.15. The highest BCUT2D eigenvalue weighted by atomic mass is 16.4. The highest BCUT2D eigenvalue weighted by Gasteiger charge is 2.09. The monoisotopic (exact) mass is 265 g/mol. The molecule has 1 aromatic carbocycles. The lowest BCUT2D eigenvalue weighted by Gasteiger charge is -2.24. The van der Waals surface area contributed by atoms with Gasteiger partial charge in [0.15, 0.2) is 5.84 Å². The maximum atomic E-state index is 9.13. The molecule has 0 aromatic heterocycles. The van der Waals surface area contributed by atoms with Gasteiger partial charge in [-0.15, -0.1) is 0 Å². The zero-order valence-electron chi connectivity index (χ0n) is 11.6. The summed E-state index contributed by atoms with van der Waals surface area (Å²) in [6.45, 7) is 5.73. The fourth-order valence-corrected chi connectivity index (χ4v) is 2.03. The average molecular weight is 265 g/mol. The molecule has 106 valence electrons. The lowest BCUT2D eigenvalue weighted by molar-refractivity contribution is 0.301. The van der Waals surface area contributed by atoms with E-state index in [4.69, 9.17) is 16.0 Å². The largest absolute Gasteiger partial charge is 0.409 e. The van der Waals surface area contributed by atoms with Crippen molar-refractivity contribution < 1.29 is 10.3 Å². The van der Waals surface area contributed by atoms with E-state index >= 15 is 0 Å². The van der Waals surface area contributed by atoms with Gasteiger partial charge in [0.25, 0.3) is 0 Å². The molecule has 0 amide bonds. The van der Waals surface area contributed by atoms with Crippen LogP contribution in [-0.4, -0.2) is 35.8 Å². The van der Waals surface area contributed by atoms with E-state index in [0.29, 0.717) is 6.54 Å². The van der Waals surface area contributed by atoms with Gasteiger partial charge < -0.3 is 20.9 Å². The van der Waals surface area contributed by atoms with Crippen molar-refractivity contribution in [2.75, 3.05) is 24.6 Å². The van der Waals surface area contributed by atoms with Crippen molar-refractivity contribution in [2.24, 2.45) is 10.9 Å². The van der Waals surface area contributed by atoms with E-state index < -0.39 is 0 Å². The van der Waals surface area contributed by atoms with E-state index in [-0.39, 0.29) is 12.4 Å². The molecule has 1 aromatic rings. The summed E-state index contributed by atoms with van der Waals surface area (Å²) in [6, 6.07) is 5.78. The van der Waals surface area contributed by atoms with Crippen LogP contribution in [0.5, 0.6) is 0 Å². The summed E-state index contributed by atoms with van der Waals surface area (Å²) < 4.78 is 0. The third kappa shape index (κ3) is 4.13. The van der Waals surface area contributed by atoms with E-state index in [0.717, 1.165) is 36.2 Å². The zero-order chi connectivity index (χ0) is 14.3. The highest BCUT2D eigenvalue weighted by molar-refractivity contribution is 5.98. The molecular weight excluding hydrogens is 242 g/mol. The minimum absolute atomic E-state index is 0.117. The minimum atomic E-state index is 0.117. The summed E-state index contributed by atoms with van der Waals surface area (Å²) in [6.07, 6.45) is 2.20. The van der Waals surface area contributed by atoms with Crippen molar-refractivity contribution in [1.82, 2.24) is 0 Å². The number of hydrogen-bond acceptors (Lipinski definition) is 4. The van der Waals surface area contributed by atoms with Crippen molar-refractivity contribution in [3.8, 4) is 0 Å². The van der Waals surface area contributed by atoms with E-state index in [1.165, 1.54) is 0 Å². The van der Waals surface area contributed by atoms with Crippen LogP contribution in [0.3, 0.4) is 0 Å². The Morgan fingerprint density at radius 1 is 1.37 bits per heavy atom.